The van der Waals surface area contributed by atoms with E-state index in [4.69, 9.17) is 9.47 Å². The maximum Gasteiger partial charge on any atom is 0.416 e. The minimum atomic E-state index is -4.56. The summed E-state index contributed by atoms with van der Waals surface area (Å²) >= 11 is 0. The van der Waals surface area contributed by atoms with Crippen LogP contribution in [0.1, 0.15) is 26.3 Å². The summed E-state index contributed by atoms with van der Waals surface area (Å²) in [4.78, 5) is 36.8. The molecule has 35 heavy (non-hydrogen) atoms. The number of esters is 1. The number of alkyl halides is 3. The van der Waals surface area contributed by atoms with E-state index in [1.54, 1.807) is 0 Å². The van der Waals surface area contributed by atoms with Crippen molar-refractivity contribution in [2.24, 2.45) is 0 Å². The Labute approximate surface area is 197 Å². The van der Waals surface area contributed by atoms with E-state index in [-0.39, 0.29) is 28.3 Å². The van der Waals surface area contributed by atoms with Crippen molar-refractivity contribution in [2.45, 2.75) is 6.18 Å². The molecule has 0 saturated heterocycles. The van der Waals surface area contributed by atoms with Crippen molar-refractivity contribution < 1.29 is 42.1 Å². The van der Waals surface area contributed by atoms with Gasteiger partial charge >= 0.3 is 12.1 Å². The number of ether oxygens (including phenoxy) is 2. The number of aromatic hydroxyl groups is 1. The summed E-state index contributed by atoms with van der Waals surface area (Å²) in [5, 5.41) is 14.6. The van der Waals surface area contributed by atoms with Crippen LogP contribution in [0.5, 0.6) is 11.5 Å². The second-order valence-electron chi connectivity index (χ2n) is 7.12. The topological polar surface area (TPSA) is 114 Å². The Bertz CT molecular complexity index is 1260. The molecular formula is C24H19F3N2O6. The molecule has 0 saturated carbocycles. The Kier molecular flexibility index (Phi) is 7.59. The highest BCUT2D eigenvalue weighted by Crippen LogP contribution is 2.30. The molecule has 0 heterocycles. The van der Waals surface area contributed by atoms with Crippen molar-refractivity contribution in [1.29, 1.82) is 0 Å². The highest BCUT2D eigenvalue weighted by molar-refractivity contribution is 6.05. The molecule has 0 aliphatic heterocycles. The number of carbonyl (C=O) groups excluding carboxylic acids is 3. The zero-order valence-corrected chi connectivity index (χ0v) is 18.2. The number of hydrogen-bond acceptors (Lipinski definition) is 6. The van der Waals surface area contributed by atoms with Crippen LogP contribution in [0.4, 0.5) is 24.5 Å². The number of phenols is 1. The molecule has 0 aliphatic rings. The van der Waals surface area contributed by atoms with Crippen molar-refractivity contribution >= 4 is 29.2 Å². The van der Waals surface area contributed by atoms with E-state index in [2.05, 4.69) is 10.6 Å². The van der Waals surface area contributed by atoms with Crippen molar-refractivity contribution in [1.82, 2.24) is 0 Å². The lowest BCUT2D eigenvalue weighted by Gasteiger charge is -2.11. The SMILES string of the molecule is COc1ccc(O)c(C(=O)OCC(=O)Nc2cccc(C(=O)Nc3cccc(C(F)(F)F)c3)c2)c1. The Hall–Kier alpha value is -4.54. The van der Waals surface area contributed by atoms with Crippen LogP contribution in [0.3, 0.4) is 0 Å². The van der Waals surface area contributed by atoms with E-state index in [0.29, 0.717) is 5.75 Å². The summed E-state index contributed by atoms with van der Waals surface area (Å²) in [6, 6.07) is 13.7. The van der Waals surface area contributed by atoms with Gasteiger partial charge in [0.25, 0.3) is 11.8 Å². The Morgan fingerprint density at radius 1 is 0.914 bits per heavy atom. The predicted molar refractivity (Wildman–Crippen MR) is 119 cm³/mol. The maximum atomic E-state index is 12.9. The summed E-state index contributed by atoms with van der Waals surface area (Å²) < 4.78 is 48.5. The second-order valence-corrected chi connectivity index (χ2v) is 7.12. The first kappa shape index (κ1) is 25.1. The number of benzene rings is 3. The van der Waals surface area contributed by atoms with Gasteiger partial charge in [-0.1, -0.05) is 12.1 Å². The van der Waals surface area contributed by atoms with E-state index in [0.717, 1.165) is 12.1 Å². The number of halogens is 3. The number of carbonyl (C=O) groups is 3. The summed E-state index contributed by atoms with van der Waals surface area (Å²) in [7, 11) is 1.38. The minimum absolute atomic E-state index is 0.0491. The third-order valence-electron chi connectivity index (χ3n) is 4.61. The number of anilines is 2. The van der Waals surface area contributed by atoms with E-state index in [9.17, 15) is 32.7 Å². The normalized spacial score (nSPS) is 10.9. The Morgan fingerprint density at radius 2 is 1.60 bits per heavy atom. The lowest BCUT2D eigenvalue weighted by Crippen LogP contribution is -2.21. The molecule has 3 aromatic rings. The van der Waals surface area contributed by atoms with Gasteiger partial charge < -0.3 is 25.2 Å². The van der Waals surface area contributed by atoms with Crippen LogP contribution in [0.2, 0.25) is 0 Å². The monoisotopic (exact) mass is 488 g/mol. The van der Waals surface area contributed by atoms with Gasteiger partial charge in [0.1, 0.15) is 17.1 Å². The maximum absolute atomic E-state index is 12.9. The molecule has 3 rings (SSSR count). The van der Waals surface area contributed by atoms with Crippen LogP contribution in [0.15, 0.2) is 66.7 Å². The first-order valence-electron chi connectivity index (χ1n) is 9.99. The fourth-order valence-corrected chi connectivity index (χ4v) is 2.93. The molecule has 11 heteroatoms. The van der Waals surface area contributed by atoms with Crippen molar-refractivity contribution in [3.8, 4) is 11.5 Å². The Balaban J connectivity index is 1.60. The fraction of sp³-hybridized carbons (Fsp3) is 0.125. The summed E-state index contributed by atoms with van der Waals surface area (Å²) in [6.07, 6.45) is -4.56. The molecule has 0 unspecified atom stereocenters. The molecule has 0 aliphatic carbocycles. The quantitative estimate of drug-likeness (QED) is 0.423. The van der Waals surface area contributed by atoms with Crippen LogP contribution >= 0.6 is 0 Å². The molecule has 0 bridgehead atoms. The molecule has 182 valence electrons. The average Bonchev–Trinajstić information content (AvgIpc) is 2.82. The van der Waals surface area contributed by atoms with Gasteiger partial charge in [0.2, 0.25) is 0 Å². The van der Waals surface area contributed by atoms with Gasteiger partial charge in [0.05, 0.1) is 12.7 Å². The number of rotatable bonds is 7. The number of methoxy groups -OCH3 is 1. The molecule has 3 aromatic carbocycles. The second kappa shape index (κ2) is 10.6. The third kappa shape index (κ3) is 6.73. The summed E-state index contributed by atoms with van der Waals surface area (Å²) in [5.74, 6) is -2.42. The zero-order chi connectivity index (χ0) is 25.6. The van der Waals surface area contributed by atoms with Crippen molar-refractivity contribution in [2.75, 3.05) is 24.4 Å². The molecule has 0 atom stereocenters. The summed E-state index contributed by atoms with van der Waals surface area (Å²) in [6.45, 7) is -0.684. The van der Waals surface area contributed by atoms with E-state index in [1.807, 2.05) is 0 Å². The van der Waals surface area contributed by atoms with Crippen molar-refractivity contribution in [3.05, 3.63) is 83.4 Å². The smallest absolute Gasteiger partial charge is 0.416 e. The van der Waals surface area contributed by atoms with Crippen LogP contribution in [-0.2, 0) is 15.7 Å². The molecule has 0 aromatic heterocycles. The van der Waals surface area contributed by atoms with Gasteiger partial charge in [-0.3, -0.25) is 9.59 Å². The highest BCUT2D eigenvalue weighted by Gasteiger charge is 2.30. The van der Waals surface area contributed by atoms with Crippen molar-refractivity contribution in [3.63, 3.8) is 0 Å². The molecule has 0 radical (unpaired) electrons. The van der Waals surface area contributed by atoms with Gasteiger partial charge in [0, 0.05) is 16.9 Å². The largest absolute Gasteiger partial charge is 0.507 e. The lowest BCUT2D eigenvalue weighted by atomic mass is 10.1. The first-order valence-corrected chi connectivity index (χ1v) is 9.99. The van der Waals surface area contributed by atoms with Crippen LogP contribution < -0.4 is 15.4 Å². The van der Waals surface area contributed by atoms with Gasteiger partial charge in [-0.2, -0.15) is 13.2 Å². The molecule has 8 nitrogen and oxygen atoms in total. The number of amides is 2. The van der Waals surface area contributed by atoms with Gasteiger partial charge in [-0.05, 0) is 54.6 Å². The van der Waals surface area contributed by atoms with Gasteiger partial charge in [0.15, 0.2) is 6.61 Å². The summed E-state index contributed by atoms with van der Waals surface area (Å²) in [5.41, 5.74) is -0.893. The number of nitrogens with one attached hydrogen (secondary N) is 2. The number of hydrogen-bond donors (Lipinski definition) is 3. The molecule has 2 amide bonds. The van der Waals surface area contributed by atoms with E-state index >= 15 is 0 Å². The molecule has 3 N–H and O–H groups in total. The molecule has 0 fully saturated rings. The van der Waals surface area contributed by atoms with Crippen LogP contribution in [0.25, 0.3) is 0 Å². The fourth-order valence-electron chi connectivity index (χ4n) is 2.93. The minimum Gasteiger partial charge on any atom is -0.507 e. The van der Waals surface area contributed by atoms with E-state index < -0.39 is 36.1 Å². The molecular weight excluding hydrogens is 469 g/mol. The van der Waals surface area contributed by atoms with Crippen LogP contribution in [-0.4, -0.2) is 36.6 Å². The zero-order valence-electron chi connectivity index (χ0n) is 18.2. The first-order chi connectivity index (χ1) is 16.6. The number of phenolic OH excluding ortho intramolecular Hbond substituents is 1. The lowest BCUT2D eigenvalue weighted by molar-refractivity contribution is -0.137. The average molecular weight is 488 g/mol. The van der Waals surface area contributed by atoms with Gasteiger partial charge in [-0.15, -0.1) is 0 Å². The predicted octanol–water partition coefficient (Wildman–Crippen LogP) is 4.47. The van der Waals surface area contributed by atoms with E-state index in [1.165, 1.54) is 61.7 Å². The Morgan fingerprint density at radius 3 is 2.29 bits per heavy atom. The molecule has 0 spiro atoms. The highest BCUT2D eigenvalue weighted by atomic mass is 19.4. The van der Waals surface area contributed by atoms with Gasteiger partial charge in [-0.25, -0.2) is 4.79 Å². The standard InChI is InChI=1S/C24H19F3N2O6/c1-34-18-8-9-20(30)19(12-18)23(33)35-13-21(31)28-16-6-2-4-14(10-16)22(32)29-17-7-3-5-15(11-17)24(25,26)27/h2-12,30H,13H2,1H3,(H,28,31)(H,29,32). The van der Waals surface area contributed by atoms with Crippen LogP contribution in [0, 0.1) is 0 Å². The third-order valence-corrected chi connectivity index (χ3v) is 4.61.